The largest absolute Gasteiger partial charge is 0.497 e. The second-order valence-electron chi connectivity index (χ2n) is 7.79. The SMILES string of the molecule is COc1cccc(N2C(c3ccc4c(c3)OCCO4)=CS/C2=C(\C#N)c2nc3ccccc3s2)c1. The lowest BCUT2D eigenvalue weighted by Gasteiger charge is -2.26. The Hall–Kier alpha value is -3.93. The van der Waals surface area contributed by atoms with Crippen LogP contribution in [0.1, 0.15) is 10.6 Å². The molecule has 0 spiro atoms. The molecule has 2 aliphatic rings. The van der Waals surface area contributed by atoms with Crippen molar-refractivity contribution in [1.82, 2.24) is 4.98 Å². The Balaban J connectivity index is 1.51. The van der Waals surface area contributed by atoms with Crippen LogP contribution in [0.3, 0.4) is 0 Å². The van der Waals surface area contributed by atoms with Crippen LogP contribution in [0.25, 0.3) is 21.5 Å². The smallest absolute Gasteiger partial charge is 0.162 e. The van der Waals surface area contributed by atoms with E-state index in [0.717, 1.165) is 43.7 Å². The number of allylic oxidation sites excluding steroid dienone is 1. The number of thiazole rings is 1. The van der Waals surface area contributed by atoms with E-state index in [1.54, 1.807) is 7.11 Å². The number of thioether (sulfide) groups is 1. The molecule has 3 heterocycles. The van der Waals surface area contributed by atoms with Gasteiger partial charge in [-0.2, -0.15) is 5.26 Å². The Morgan fingerprint density at radius 2 is 1.89 bits per heavy atom. The third-order valence-corrected chi connectivity index (χ3v) is 7.71. The van der Waals surface area contributed by atoms with E-state index >= 15 is 0 Å². The molecule has 35 heavy (non-hydrogen) atoms. The average molecular weight is 498 g/mol. The normalized spacial score (nSPS) is 16.1. The van der Waals surface area contributed by atoms with Crippen LogP contribution in [0.4, 0.5) is 5.69 Å². The van der Waals surface area contributed by atoms with E-state index in [9.17, 15) is 5.26 Å². The van der Waals surface area contributed by atoms with Crippen LogP contribution in [0, 0.1) is 11.3 Å². The molecule has 4 aromatic rings. The Labute approximate surface area is 210 Å². The summed E-state index contributed by atoms with van der Waals surface area (Å²) in [6.45, 7) is 1.06. The van der Waals surface area contributed by atoms with Crippen molar-refractivity contribution in [2.75, 3.05) is 25.2 Å². The van der Waals surface area contributed by atoms with Crippen LogP contribution in [-0.2, 0) is 0 Å². The number of para-hydroxylation sites is 1. The Morgan fingerprint density at radius 1 is 1.03 bits per heavy atom. The molecule has 0 aliphatic carbocycles. The quantitative estimate of drug-likeness (QED) is 0.297. The summed E-state index contributed by atoms with van der Waals surface area (Å²) in [4.78, 5) is 6.85. The lowest BCUT2D eigenvalue weighted by molar-refractivity contribution is 0.171. The summed E-state index contributed by atoms with van der Waals surface area (Å²) in [6.07, 6.45) is 0. The molecule has 0 saturated heterocycles. The number of anilines is 1. The molecule has 2 aliphatic heterocycles. The number of fused-ring (bicyclic) bond motifs is 2. The molecule has 6 rings (SSSR count). The number of rotatable bonds is 4. The van der Waals surface area contributed by atoms with Crippen LogP contribution >= 0.6 is 23.1 Å². The van der Waals surface area contributed by atoms with Gasteiger partial charge in [0, 0.05) is 17.0 Å². The molecular formula is C27H19N3O3S2. The minimum absolute atomic E-state index is 0.519. The van der Waals surface area contributed by atoms with Crippen molar-refractivity contribution < 1.29 is 14.2 Å². The Morgan fingerprint density at radius 3 is 2.71 bits per heavy atom. The zero-order valence-electron chi connectivity index (χ0n) is 18.7. The number of hydrogen-bond donors (Lipinski definition) is 0. The maximum absolute atomic E-state index is 10.3. The molecule has 0 radical (unpaired) electrons. The highest BCUT2D eigenvalue weighted by molar-refractivity contribution is 8.06. The number of nitrogens with zero attached hydrogens (tertiary/aromatic N) is 3. The second-order valence-corrected chi connectivity index (χ2v) is 9.68. The highest BCUT2D eigenvalue weighted by Gasteiger charge is 2.30. The minimum Gasteiger partial charge on any atom is -0.497 e. The molecule has 3 aromatic carbocycles. The van der Waals surface area contributed by atoms with Crippen molar-refractivity contribution in [2.24, 2.45) is 0 Å². The van der Waals surface area contributed by atoms with Crippen molar-refractivity contribution in [3.63, 3.8) is 0 Å². The predicted octanol–water partition coefficient (Wildman–Crippen LogP) is 6.52. The number of ether oxygens (including phenoxy) is 3. The van der Waals surface area contributed by atoms with Crippen LogP contribution in [0.2, 0.25) is 0 Å². The van der Waals surface area contributed by atoms with Crippen LogP contribution in [0.15, 0.2) is 77.2 Å². The molecule has 0 atom stereocenters. The topological polar surface area (TPSA) is 67.6 Å². The van der Waals surface area contributed by atoms with Crippen molar-refractivity contribution in [1.29, 1.82) is 5.26 Å². The van der Waals surface area contributed by atoms with Gasteiger partial charge in [0.05, 0.1) is 28.7 Å². The summed E-state index contributed by atoms with van der Waals surface area (Å²) >= 11 is 3.03. The Kier molecular flexibility index (Phi) is 5.57. The highest BCUT2D eigenvalue weighted by atomic mass is 32.2. The van der Waals surface area contributed by atoms with E-state index < -0.39 is 0 Å². The summed E-state index contributed by atoms with van der Waals surface area (Å²) < 4.78 is 18.1. The fourth-order valence-electron chi connectivity index (χ4n) is 4.07. The van der Waals surface area contributed by atoms with Gasteiger partial charge in [-0.15, -0.1) is 11.3 Å². The molecule has 0 saturated carbocycles. The van der Waals surface area contributed by atoms with E-state index in [0.29, 0.717) is 29.5 Å². The maximum atomic E-state index is 10.3. The monoisotopic (exact) mass is 497 g/mol. The first-order chi connectivity index (χ1) is 17.2. The van der Waals surface area contributed by atoms with Gasteiger partial charge in [-0.05, 0) is 42.5 Å². The third kappa shape index (κ3) is 3.89. The average Bonchev–Trinajstić information content (AvgIpc) is 3.54. The fraction of sp³-hybridized carbons (Fsp3) is 0.111. The van der Waals surface area contributed by atoms with Gasteiger partial charge >= 0.3 is 0 Å². The van der Waals surface area contributed by atoms with Gasteiger partial charge in [0.25, 0.3) is 0 Å². The van der Waals surface area contributed by atoms with E-state index in [4.69, 9.17) is 19.2 Å². The first-order valence-corrected chi connectivity index (χ1v) is 12.7. The first-order valence-electron chi connectivity index (χ1n) is 11.0. The van der Waals surface area contributed by atoms with Crippen molar-refractivity contribution >= 4 is 50.3 Å². The highest BCUT2D eigenvalue weighted by Crippen LogP contribution is 2.48. The van der Waals surface area contributed by atoms with Gasteiger partial charge in [-0.3, -0.25) is 0 Å². The van der Waals surface area contributed by atoms with Crippen LogP contribution in [0.5, 0.6) is 17.2 Å². The van der Waals surface area contributed by atoms with Crippen LogP contribution < -0.4 is 19.1 Å². The van der Waals surface area contributed by atoms with Gasteiger partial charge in [-0.1, -0.05) is 30.0 Å². The number of methoxy groups -OCH3 is 1. The first kappa shape index (κ1) is 21.6. The van der Waals surface area contributed by atoms with Gasteiger partial charge in [0.1, 0.15) is 40.6 Å². The predicted molar refractivity (Wildman–Crippen MR) is 141 cm³/mol. The summed E-state index contributed by atoms with van der Waals surface area (Å²) in [7, 11) is 1.65. The van der Waals surface area contributed by atoms with Crippen molar-refractivity contribution in [2.45, 2.75) is 0 Å². The minimum atomic E-state index is 0.519. The van der Waals surface area contributed by atoms with E-state index in [2.05, 4.69) is 16.4 Å². The van der Waals surface area contributed by atoms with E-state index in [1.807, 2.05) is 66.7 Å². The summed E-state index contributed by atoms with van der Waals surface area (Å²) in [6, 6.07) is 24.1. The molecule has 1 aromatic heterocycles. The molecule has 0 N–H and O–H groups in total. The van der Waals surface area contributed by atoms with E-state index in [1.165, 1.54) is 23.1 Å². The van der Waals surface area contributed by atoms with Crippen molar-refractivity contribution in [3.8, 4) is 23.3 Å². The maximum Gasteiger partial charge on any atom is 0.162 e. The summed E-state index contributed by atoms with van der Waals surface area (Å²) in [5, 5.41) is 13.8. The molecule has 8 heteroatoms. The number of hydrogen-bond acceptors (Lipinski definition) is 8. The van der Waals surface area contributed by atoms with Gasteiger partial charge < -0.3 is 19.1 Å². The van der Waals surface area contributed by atoms with Crippen LogP contribution in [-0.4, -0.2) is 25.3 Å². The number of nitriles is 1. The lowest BCUT2D eigenvalue weighted by atomic mass is 10.1. The molecule has 0 bridgehead atoms. The lowest BCUT2D eigenvalue weighted by Crippen LogP contribution is -2.18. The van der Waals surface area contributed by atoms with Gasteiger partial charge in [-0.25, -0.2) is 4.98 Å². The Bertz CT molecular complexity index is 1520. The standard InChI is InChI=1S/C27H19N3O3S2/c1-31-19-6-4-5-18(14-19)30-22(17-9-10-23-24(13-17)33-12-11-32-23)16-34-27(30)20(15-28)26-29-21-7-2-3-8-25(21)35-26/h2-10,13-14,16H,11-12H2,1H3/b27-20+. The third-order valence-electron chi connectivity index (χ3n) is 5.71. The van der Waals surface area contributed by atoms with Crippen molar-refractivity contribution in [3.05, 3.63) is 87.7 Å². The molecule has 6 nitrogen and oxygen atoms in total. The zero-order valence-corrected chi connectivity index (χ0v) is 20.4. The molecule has 0 amide bonds. The zero-order chi connectivity index (χ0) is 23.8. The molecule has 0 fully saturated rings. The van der Waals surface area contributed by atoms with Gasteiger partial charge in [0.15, 0.2) is 11.5 Å². The van der Waals surface area contributed by atoms with E-state index in [-0.39, 0.29) is 0 Å². The molecule has 0 unspecified atom stereocenters. The van der Waals surface area contributed by atoms with Gasteiger partial charge in [0.2, 0.25) is 0 Å². The number of aromatic nitrogens is 1. The summed E-state index contributed by atoms with van der Waals surface area (Å²) in [5.74, 6) is 2.19. The molecule has 172 valence electrons. The summed E-state index contributed by atoms with van der Waals surface area (Å²) in [5.41, 5.74) is 4.20. The molecular weight excluding hydrogens is 478 g/mol. The fourth-order valence-corrected chi connectivity index (χ4v) is 6.13. The second kappa shape index (κ2) is 9.02. The number of benzene rings is 3.